The first-order chi connectivity index (χ1) is 19.0. The Labute approximate surface area is 229 Å². The van der Waals surface area contributed by atoms with Gasteiger partial charge in [-0.15, -0.1) is 0 Å². The van der Waals surface area contributed by atoms with Crippen molar-refractivity contribution in [3.05, 3.63) is 76.9 Å². The van der Waals surface area contributed by atoms with Gasteiger partial charge in [-0.3, -0.25) is 9.69 Å². The van der Waals surface area contributed by atoms with E-state index in [9.17, 15) is 9.90 Å². The summed E-state index contributed by atoms with van der Waals surface area (Å²) in [5.41, 5.74) is 6.36. The maximum absolute atomic E-state index is 11.8. The molecule has 0 radical (unpaired) electrons. The Morgan fingerprint density at radius 1 is 1.10 bits per heavy atom. The van der Waals surface area contributed by atoms with Gasteiger partial charge in [0.1, 0.15) is 18.2 Å². The van der Waals surface area contributed by atoms with E-state index in [0.717, 1.165) is 80.5 Å². The van der Waals surface area contributed by atoms with E-state index < -0.39 is 11.4 Å². The van der Waals surface area contributed by atoms with Gasteiger partial charge in [-0.25, -0.2) is 4.98 Å². The number of hydrogen-bond acceptors (Lipinski definition) is 6. The minimum atomic E-state index is -0.677. The van der Waals surface area contributed by atoms with Crippen molar-refractivity contribution >= 4 is 11.8 Å². The van der Waals surface area contributed by atoms with Crippen LogP contribution in [-0.2, 0) is 29.0 Å². The number of nitrogens with zero attached hydrogens (tertiary/aromatic N) is 3. The maximum atomic E-state index is 11.8. The number of anilines is 1. The number of benzene rings is 2. The van der Waals surface area contributed by atoms with Gasteiger partial charge in [-0.05, 0) is 72.6 Å². The predicted octanol–water partition coefficient (Wildman–Crippen LogP) is 4.35. The highest BCUT2D eigenvalue weighted by atomic mass is 16.5. The Morgan fingerprint density at radius 3 is 2.69 bits per heavy atom. The lowest BCUT2D eigenvalue weighted by atomic mass is 10.0. The number of carboxylic acids is 1. The molecule has 1 saturated carbocycles. The summed E-state index contributed by atoms with van der Waals surface area (Å²) in [7, 11) is 0. The Balaban J connectivity index is 1.08. The molecule has 2 aromatic carbocycles. The molecule has 4 heterocycles. The van der Waals surface area contributed by atoms with Gasteiger partial charge in [0, 0.05) is 31.7 Å². The van der Waals surface area contributed by atoms with Crippen molar-refractivity contribution in [2.24, 2.45) is 11.3 Å². The summed E-state index contributed by atoms with van der Waals surface area (Å²) in [6.45, 7) is 7.78. The van der Waals surface area contributed by atoms with E-state index in [1.807, 2.05) is 24.3 Å². The molecule has 3 aromatic rings. The summed E-state index contributed by atoms with van der Waals surface area (Å²) in [6, 6.07) is 19.6. The molecule has 1 N–H and O–H groups in total. The molecule has 7 nitrogen and oxygen atoms in total. The van der Waals surface area contributed by atoms with Crippen LogP contribution in [0.4, 0.5) is 5.82 Å². The van der Waals surface area contributed by atoms with Crippen molar-refractivity contribution in [1.82, 2.24) is 9.88 Å². The zero-order chi connectivity index (χ0) is 26.6. The minimum absolute atomic E-state index is 0.231. The average Bonchev–Trinajstić information content (AvgIpc) is 3.55. The van der Waals surface area contributed by atoms with Crippen LogP contribution in [0.3, 0.4) is 0 Å². The number of aromatic nitrogens is 1. The first-order valence-corrected chi connectivity index (χ1v) is 14.1. The molecular formula is C32H35N3O4. The highest BCUT2D eigenvalue weighted by Gasteiger charge is 2.65. The number of aryl methyl sites for hydroxylation is 1. The summed E-state index contributed by atoms with van der Waals surface area (Å²) in [5.74, 6) is 1.23. The molecule has 0 amide bonds. The van der Waals surface area contributed by atoms with Gasteiger partial charge < -0.3 is 19.5 Å². The second-order valence-electron chi connectivity index (χ2n) is 11.7. The molecule has 0 spiro atoms. The van der Waals surface area contributed by atoms with E-state index in [1.165, 1.54) is 16.7 Å². The van der Waals surface area contributed by atoms with Crippen LogP contribution in [0.25, 0.3) is 11.3 Å². The normalized spacial score (nSPS) is 24.4. The third-order valence-electron chi connectivity index (χ3n) is 9.25. The molecule has 39 heavy (non-hydrogen) atoms. The number of rotatable bonds is 7. The molecule has 0 unspecified atom stereocenters. The number of pyridine rings is 1. The van der Waals surface area contributed by atoms with E-state index >= 15 is 0 Å². The largest absolute Gasteiger partial charge is 0.488 e. The lowest BCUT2D eigenvalue weighted by molar-refractivity contribution is -0.143. The van der Waals surface area contributed by atoms with Gasteiger partial charge in [-0.1, -0.05) is 36.4 Å². The molecule has 3 fully saturated rings. The molecule has 7 rings (SSSR count). The number of piperidine rings is 1. The van der Waals surface area contributed by atoms with Crippen LogP contribution in [0, 0.1) is 18.3 Å². The molecule has 1 aliphatic carbocycles. The summed E-state index contributed by atoms with van der Waals surface area (Å²) in [6.07, 6.45) is 2.93. The lowest BCUT2D eigenvalue weighted by Gasteiger charge is -2.36. The third-order valence-corrected chi connectivity index (χ3v) is 9.25. The Kier molecular flexibility index (Phi) is 6.09. The van der Waals surface area contributed by atoms with Crippen LogP contribution in [0.5, 0.6) is 5.75 Å². The molecule has 3 aliphatic heterocycles. The van der Waals surface area contributed by atoms with Gasteiger partial charge in [-0.2, -0.15) is 0 Å². The SMILES string of the molecule is Cc1cccc(-c2cccc(N3C[C@@H]4C[C@]4(C(=O)O)C3)n2)c1OCc1ccc2c(c1)CCN(C1COC1)CC2. The van der Waals surface area contributed by atoms with Crippen LogP contribution in [0.15, 0.2) is 54.6 Å². The topological polar surface area (TPSA) is 75.1 Å². The number of fused-ring (bicyclic) bond motifs is 2. The predicted molar refractivity (Wildman–Crippen MR) is 149 cm³/mol. The second kappa shape index (κ2) is 9.65. The van der Waals surface area contributed by atoms with Crippen molar-refractivity contribution in [3.8, 4) is 17.0 Å². The zero-order valence-corrected chi connectivity index (χ0v) is 22.4. The van der Waals surface area contributed by atoms with E-state index in [4.69, 9.17) is 14.5 Å². The summed E-state index contributed by atoms with van der Waals surface area (Å²) >= 11 is 0. The molecule has 0 bridgehead atoms. The monoisotopic (exact) mass is 525 g/mol. The van der Waals surface area contributed by atoms with Crippen LogP contribution in [-0.4, -0.2) is 66.4 Å². The van der Waals surface area contributed by atoms with Crippen molar-refractivity contribution in [3.63, 3.8) is 0 Å². The minimum Gasteiger partial charge on any atom is -0.488 e. The fourth-order valence-electron chi connectivity index (χ4n) is 6.62. The van der Waals surface area contributed by atoms with E-state index in [2.05, 4.69) is 47.1 Å². The van der Waals surface area contributed by atoms with Gasteiger partial charge in [0.05, 0.1) is 30.4 Å². The molecule has 4 aliphatic rings. The quantitative estimate of drug-likeness (QED) is 0.492. The fraction of sp³-hybridized carbons (Fsp3) is 0.438. The number of hydrogen-bond donors (Lipinski definition) is 1. The maximum Gasteiger partial charge on any atom is 0.311 e. The van der Waals surface area contributed by atoms with Crippen LogP contribution in [0.1, 0.15) is 28.7 Å². The van der Waals surface area contributed by atoms with Crippen molar-refractivity contribution in [2.45, 2.75) is 38.8 Å². The molecule has 2 saturated heterocycles. The number of para-hydroxylation sites is 1. The Bertz CT molecular complexity index is 1420. The number of ether oxygens (including phenoxy) is 2. The summed E-state index contributed by atoms with van der Waals surface area (Å²) in [4.78, 5) is 21.4. The number of carboxylic acid groups (broad SMARTS) is 1. The van der Waals surface area contributed by atoms with E-state index in [-0.39, 0.29) is 5.92 Å². The second-order valence-corrected chi connectivity index (χ2v) is 11.7. The van der Waals surface area contributed by atoms with Crippen molar-refractivity contribution < 1.29 is 19.4 Å². The first kappa shape index (κ1) is 24.6. The summed E-state index contributed by atoms with van der Waals surface area (Å²) in [5, 5.41) is 9.69. The van der Waals surface area contributed by atoms with Gasteiger partial charge in [0.2, 0.25) is 0 Å². The van der Waals surface area contributed by atoms with Crippen molar-refractivity contribution in [1.29, 1.82) is 0 Å². The number of carbonyl (C=O) groups is 1. The molecule has 2 atom stereocenters. The first-order valence-electron chi connectivity index (χ1n) is 14.1. The highest BCUT2D eigenvalue weighted by molar-refractivity contribution is 5.81. The molecule has 7 heteroatoms. The third kappa shape index (κ3) is 4.47. The van der Waals surface area contributed by atoms with E-state index in [1.54, 1.807) is 0 Å². The highest BCUT2D eigenvalue weighted by Crippen LogP contribution is 2.58. The van der Waals surface area contributed by atoms with Gasteiger partial charge in [0.25, 0.3) is 0 Å². The lowest BCUT2D eigenvalue weighted by Crippen LogP contribution is -2.49. The van der Waals surface area contributed by atoms with Crippen LogP contribution < -0.4 is 9.64 Å². The van der Waals surface area contributed by atoms with Gasteiger partial charge in [0.15, 0.2) is 0 Å². The molecule has 202 valence electrons. The fourth-order valence-corrected chi connectivity index (χ4v) is 6.62. The van der Waals surface area contributed by atoms with Crippen LogP contribution in [0.2, 0.25) is 0 Å². The molecule has 1 aromatic heterocycles. The van der Waals surface area contributed by atoms with E-state index in [0.29, 0.717) is 19.2 Å². The molecular weight excluding hydrogens is 490 g/mol. The Morgan fingerprint density at radius 2 is 1.92 bits per heavy atom. The average molecular weight is 526 g/mol. The summed E-state index contributed by atoms with van der Waals surface area (Å²) < 4.78 is 11.9. The van der Waals surface area contributed by atoms with Gasteiger partial charge >= 0.3 is 5.97 Å². The zero-order valence-electron chi connectivity index (χ0n) is 22.4. The number of aliphatic carboxylic acids is 1. The standard InChI is InChI=1S/C32H35N3O4/c1-21-4-2-5-27(28-6-3-7-29(33-28)35-16-25-15-32(25,20-35)31(36)37)30(21)39-17-22-8-9-23-10-12-34(26-18-38-19-26)13-11-24(23)14-22/h2-9,14,25-26H,10-13,15-20H2,1H3,(H,36,37)/t25-,32-/m0/s1. The van der Waals surface area contributed by atoms with Crippen LogP contribution >= 0.6 is 0 Å². The Hall–Kier alpha value is -3.42. The smallest absolute Gasteiger partial charge is 0.311 e. The van der Waals surface area contributed by atoms with Crippen molar-refractivity contribution in [2.75, 3.05) is 44.3 Å².